The Labute approximate surface area is 162 Å². The highest BCUT2D eigenvalue weighted by Gasteiger charge is 2.25. The van der Waals surface area contributed by atoms with Crippen molar-refractivity contribution in [3.8, 4) is 0 Å². The van der Waals surface area contributed by atoms with Crippen LogP contribution in [0.4, 0.5) is 0 Å². The summed E-state index contributed by atoms with van der Waals surface area (Å²) in [6.07, 6.45) is 3.90. The minimum atomic E-state index is 0.443. The van der Waals surface area contributed by atoms with Crippen LogP contribution in [0.25, 0.3) is 0 Å². The van der Waals surface area contributed by atoms with Gasteiger partial charge in [-0.3, -0.25) is 9.89 Å². The second kappa shape index (κ2) is 9.72. The van der Waals surface area contributed by atoms with Crippen molar-refractivity contribution in [2.24, 2.45) is 16.8 Å². The molecule has 0 radical (unpaired) electrons. The third-order valence-electron chi connectivity index (χ3n) is 5.86. The first-order valence-corrected chi connectivity index (χ1v) is 10.9. The first-order valence-electron chi connectivity index (χ1n) is 10.1. The van der Waals surface area contributed by atoms with Gasteiger partial charge in [-0.15, -0.1) is 11.3 Å². The van der Waals surface area contributed by atoms with E-state index < -0.39 is 0 Å². The number of thiophene rings is 1. The van der Waals surface area contributed by atoms with E-state index >= 15 is 0 Å². The molecule has 146 valence electrons. The Hall–Kier alpha value is -1.11. The monoisotopic (exact) mass is 377 g/mol. The maximum Gasteiger partial charge on any atom is 0.191 e. The van der Waals surface area contributed by atoms with Gasteiger partial charge in [0.2, 0.25) is 0 Å². The number of guanidine groups is 1. The fourth-order valence-electron chi connectivity index (χ4n) is 4.08. The molecule has 2 atom stereocenters. The topological polar surface area (TPSA) is 42.9 Å². The molecule has 1 aromatic heterocycles. The van der Waals surface area contributed by atoms with Gasteiger partial charge in [0.15, 0.2) is 5.96 Å². The van der Waals surface area contributed by atoms with Gasteiger partial charge in [-0.05, 0) is 69.2 Å². The van der Waals surface area contributed by atoms with Crippen LogP contribution < -0.4 is 10.6 Å². The summed E-state index contributed by atoms with van der Waals surface area (Å²) >= 11 is 1.87. The van der Waals surface area contributed by atoms with E-state index in [9.17, 15) is 0 Å². The summed E-state index contributed by atoms with van der Waals surface area (Å²) in [5, 5.41) is 9.32. The summed E-state index contributed by atoms with van der Waals surface area (Å²) in [5.74, 6) is 2.53. The van der Waals surface area contributed by atoms with Crippen molar-refractivity contribution >= 4 is 17.3 Å². The number of nitrogens with one attached hydrogen (secondary N) is 2. The lowest BCUT2D eigenvalue weighted by atomic mass is 9.97. The highest BCUT2D eigenvalue weighted by Crippen LogP contribution is 2.29. The van der Waals surface area contributed by atoms with Crippen LogP contribution >= 0.6 is 11.3 Å². The average Bonchev–Trinajstić information content (AvgIpc) is 3.31. The molecule has 1 aromatic rings. The fraction of sp³-hybridized carbons (Fsp3) is 0.750. The van der Waals surface area contributed by atoms with Crippen LogP contribution in [-0.2, 0) is 0 Å². The number of aliphatic imine (C=N–C) groups is 1. The molecule has 0 saturated carbocycles. The Morgan fingerprint density at radius 1 is 1.27 bits per heavy atom. The van der Waals surface area contributed by atoms with Crippen LogP contribution in [0.1, 0.15) is 37.1 Å². The molecule has 2 fully saturated rings. The minimum absolute atomic E-state index is 0.443. The lowest BCUT2D eigenvalue weighted by molar-refractivity contribution is 0.140. The maximum atomic E-state index is 4.44. The zero-order chi connectivity index (χ0) is 18.4. The number of likely N-dealkylation sites (tertiary alicyclic amines) is 2. The summed E-state index contributed by atoms with van der Waals surface area (Å²) < 4.78 is 0. The second-order valence-corrected chi connectivity index (χ2v) is 8.98. The SMILES string of the molecule is CN=C(NCC1CCN(C)C1)NCC(c1cccs1)N1CCC(C)CC1. The van der Waals surface area contributed by atoms with Gasteiger partial charge in [-0.1, -0.05) is 13.0 Å². The molecule has 2 unspecified atom stereocenters. The number of piperidine rings is 1. The van der Waals surface area contributed by atoms with Gasteiger partial charge in [0.1, 0.15) is 0 Å². The van der Waals surface area contributed by atoms with Crippen molar-refractivity contribution in [2.75, 3.05) is 53.4 Å². The zero-order valence-electron chi connectivity index (χ0n) is 16.6. The molecule has 3 rings (SSSR count). The number of hydrogen-bond donors (Lipinski definition) is 2. The van der Waals surface area contributed by atoms with Gasteiger partial charge >= 0.3 is 0 Å². The predicted molar refractivity (Wildman–Crippen MR) is 112 cm³/mol. The summed E-state index contributed by atoms with van der Waals surface area (Å²) in [6.45, 7) is 9.10. The number of nitrogens with zero attached hydrogens (tertiary/aromatic N) is 3. The van der Waals surface area contributed by atoms with E-state index in [0.29, 0.717) is 6.04 Å². The summed E-state index contributed by atoms with van der Waals surface area (Å²) in [5.41, 5.74) is 0. The highest BCUT2D eigenvalue weighted by molar-refractivity contribution is 7.10. The van der Waals surface area contributed by atoms with Crippen molar-refractivity contribution in [3.63, 3.8) is 0 Å². The molecule has 0 spiro atoms. The fourth-order valence-corrected chi connectivity index (χ4v) is 4.94. The van der Waals surface area contributed by atoms with Crippen LogP contribution in [-0.4, -0.2) is 69.1 Å². The normalized spacial score (nSPS) is 24.7. The Morgan fingerprint density at radius 2 is 2.08 bits per heavy atom. The lowest BCUT2D eigenvalue weighted by Crippen LogP contribution is -2.45. The van der Waals surface area contributed by atoms with Gasteiger partial charge < -0.3 is 15.5 Å². The van der Waals surface area contributed by atoms with Crippen molar-refractivity contribution < 1.29 is 0 Å². The maximum absolute atomic E-state index is 4.44. The number of hydrogen-bond acceptors (Lipinski definition) is 4. The molecule has 0 aliphatic carbocycles. The van der Waals surface area contributed by atoms with E-state index in [4.69, 9.17) is 0 Å². The predicted octanol–water partition coefficient (Wildman–Crippen LogP) is 2.64. The molecule has 2 aliphatic heterocycles. The third kappa shape index (κ3) is 5.44. The third-order valence-corrected chi connectivity index (χ3v) is 6.84. The van der Waals surface area contributed by atoms with Crippen LogP contribution in [0, 0.1) is 11.8 Å². The van der Waals surface area contributed by atoms with Crippen molar-refractivity contribution in [1.82, 2.24) is 20.4 Å². The van der Waals surface area contributed by atoms with E-state index in [0.717, 1.165) is 30.9 Å². The van der Waals surface area contributed by atoms with E-state index in [2.05, 4.69) is 56.9 Å². The molecule has 5 nitrogen and oxygen atoms in total. The molecule has 3 heterocycles. The molecule has 6 heteroatoms. The van der Waals surface area contributed by atoms with Crippen molar-refractivity contribution in [3.05, 3.63) is 22.4 Å². The van der Waals surface area contributed by atoms with Gasteiger partial charge in [-0.2, -0.15) is 0 Å². The quantitative estimate of drug-likeness (QED) is 0.591. The van der Waals surface area contributed by atoms with Gasteiger partial charge in [0.05, 0.1) is 6.04 Å². The smallest absolute Gasteiger partial charge is 0.191 e. The molecule has 0 bridgehead atoms. The minimum Gasteiger partial charge on any atom is -0.356 e. The summed E-state index contributed by atoms with van der Waals surface area (Å²) in [7, 11) is 4.08. The Morgan fingerprint density at radius 3 is 2.69 bits per heavy atom. The van der Waals surface area contributed by atoms with Crippen molar-refractivity contribution in [1.29, 1.82) is 0 Å². The first-order chi connectivity index (χ1) is 12.7. The standard InChI is InChI=1S/C20H35N5S/c1-16-6-10-25(11-7-16)18(19-5-4-12-26-19)14-23-20(21-2)22-13-17-8-9-24(3)15-17/h4-5,12,16-18H,6-11,13-15H2,1-3H3,(H2,21,22,23). The molecule has 0 aromatic carbocycles. The van der Waals surface area contributed by atoms with Crippen LogP contribution in [0.3, 0.4) is 0 Å². The van der Waals surface area contributed by atoms with Crippen LogP contribution in [0.15, 0.2) is 22.5 Å². The summed E-state index contributed by atoms with van der Waals surface area (Å²) in [6, 6.07) is 4.89. The Balaban J connectivity index is 1.52. The molecule has 2 N–H and O–H groups in total. The molecule has 26 heavy (non-hydrogen) atoms. The second-order valence-electron chi connectivity index (χ2n) is 8.00. The van der Waals surface area contributed by atoms with E-state index in [-0.39, 0.29) is 0 Å². The average molecular weight is 378 g/mol. The van der Waals surface area contributed by atoms with Crippen LogP contribution in [0.5, 0.6) is 0 Å². The highest BCUT2D eigenvalue weighted by atomic mass is 32.1. The van der Waals surface area contributed by atoms with Crippen molar-refractivity contribution in [2.45, 2.75) is 32.2 Å². The molecular weight excluding hydrogens is 342 g/mol. The van der Waals surface area contributed by atoms with Gasteiger partial charge in [-0.25, -0.2) is 0 Å². The number of rotatable bonds is 6. The van der Waals surface area contributed by atoms with E-state index in [1.165, 1.54) is 50.3 Å². The first kappa shape index (κ1) is 19.6. The Bertz CT molecular complexity index is 551. The molecule has 0 amide bonds. The molecular formula is C20H35N5S. The summed E-state index contributed by atoms with van der Waals surface area (Å²) in [4.78, 5) is 11.0. The zero-order valence-corrected chi connectivity index (χ0v) is 17.4. The van der Waals surface area contributed by atoms with Gasteiger partial charge in [0, 0.05) is 31.6 Å². The lowest BCUT2D eigenvalue weighted by Gasteiger charge is -2.36. The Kier molecular flexibility index (Phi) is 7.34. The van der Waals surface area contributed by atoms with Crippen LogP contribution in [0.2, 0.25) is 0 Å². The molecule has 2 aliphatic rings. The van der Waals surface area contributed by atoms with Gasteiger partial charge in [0.25, 0.3) is 0 Å². The van der Waals surface area contributed by atoms with E-state index in [1.54, 1.807) is 0 Å². The van der Waals surface area contributed by atoms with E-state index in [1.807, 2.05) is 18.4 Å². The largest absolute Gasteiger partial charge is 0.356 e. The molecule has 2 saturated heterocycles.